The number of rotatable bonds is 37. The Morgan fingerprint density at radius 1 is 0.655 bits per heavy atom. The lowest BCUT2D eigenvalue weighted by atomic mass is 10.1. The molecule has 12 nitrogen and oxygen atoms in total. The normalized spacial score (nSPS) is 15.0. The van der Waals surface area contributed by atoms with Crippen LogP contribution in [0.15, 0.2) is 60.8 Å². The Kier molecular flexibility index (Phi) is 34.8. The highest BCUT2D eigenvalue weighted by atomic mass is 31.2. The van der Waals surface area contributed by atoms with E-state index in [2.05, 4.69) is 54.8 Å². The molecular weight excluding hydrogens is 725 g/mol. The largest absolute Gasteiger partial charge is 0.480 e. The first-order valence-corrected chi connectivity index (χ1v) is 21.9. The number of carbonyl (C=O) groups is 3. The van der Waals surface area contributed by atoms with Crippen LogP contribution >= 0.6 is 7.82 Å². The van der Waals surface area contributed by atoms with E-state index in [1.54, 1.807) is 12.2 Å². The first kappa shape index (κ1) is 52.1. The quantitative estimate of drug-likeness (QED) is 0.0153. The van der Waals surface area contributed by atoms with Crippen LogP contribution in [0.3, 0.4) is 0 Å². The van der Waals surface area contributed by atoms with Crippen molar-refractivity contribution in [1.29, 1.82) is 0 Å². The minimum absolute atomic E-state index is 0.0104. The summed E-state index contributed by atoms with van der Waals surface area (Å²) in [6.07, 6.45) is 37.5. The van der Waals surface area contributed by atoms with E-state index in [1.165, 1.54) is 44.9 Å². The molecule has 0 amide bonds. The van der Waals surface area contributed by atoms with Gasteiger partial charge in [-0.2, -0.15) is 0 Å². The SMILES string of the molecule is CCCCC/C=C\C/C=C\C/C=C\C=C\[C@@H](O)CCCC(=O)OC[C@H](COP(=O)(O)OC[C@H](N)C(=O)O)OC(=O)CCCCCCC/C=C\CCCCCC. The number of hydrogen-bond acceptors (Lipinski definition) is 10. The van der Waals surface area contributed by atoms with E-state index in [4.69, 9.17) is 24.8 Å². The minimum atomic E-state index is -4.76. The summed E-state index contributed by atoms with van der Waals surface area (Å²) in [5.41, 5.74) is 5.31. The van der Waals surface area contributed by atoms with Crippen LogP contribution in [0, 0.1) is 0 Å². The molecular formula is C42H72NO11P. The molecule has 0 spiro atoms. The Morgan fingerprint density at radius 3 is 1.85 bits per heavy atom. The van der Waals surface area contributed by atoms with E-state index in [9.17, 15) is 28.9 Å². The predicted octanol–water partition coefficient (Wildman–Crippen LogP) is 9.36. The molecule has 316 valence electrons. The Morgan fingerprint density at radius 2 is 1.18 bits per heavy atom. The summed E-state index contributed by atoms with van der Waals surface area (Å²) >= 11 is 0. The second-order valence-corrected chi connectivity index (χ2v) is 15.1. The monoisotopic (exact) mass is 797 g/mol. The van der Waals surface area contributed by atoms with E-state index in [0.29, 0.717) is 19.3 Å². The number of nitrogens with two attached hydrogens (primary N) is 1. The van der Waals surface area contributed by atoms with Crippen LogP contribution in [0.1, 0.15) is 149 Å². The average molecular weight is 798 g/mol. The molecule has 0 aromatic carbocycles. The van der Waals surface area contributed by atoms with Crippen molar-refractivity contribution >= 4 is 25.7 Å². The molecule has 0 radical (unpaired) electrons. The summed E-state index contributed by atoms with van der Waals surface area (Å²) in [6.45, 7) is 2.53. The van der Waals surface area contributed by atoms with Crippen LogP contribution in [0.5, 0.6) is 0 Å². The molecule has 0 heterocycles. The van der Waals surface area contributed by atoms with Crippen molar-refractivity contribution in [1.82, 2.24) is 0 Å². The number of ether oxygens (including phenoxy) is 2. The zero-order valence-corrected chi connectivity index (χ0v) is 34.5. The molecule has 5 N–H and O–H groups in total. The molecule has 1 unspecified atom stereocenters. The number of carboxylic acids is 1. The summed E-state index contributed by atoms with van der Waals surface area (Å²) in [5.74, 6) is -2.62. The van der Waals surface area contributed by atoms with Gasteiger partial charge in [-0.1, -0.05) is 126 Å². The van der Waals surface area contributed by atoms with Crippen molar-refractivity contribution in [3.8, 4) is 0 Å². The lowest BCUT2D eigenvalue weighted by molar-refractivity contribution is -0.161. The molecule has 4 atom stereocenters. The third-order valence-corrected chi connectivity index (χ3v) is 9.29. The van der Waals surface area contributed by atoms with Gasteiger partial charge >= 0.3 is 25.7 Å². The van der Waals surface area contributed by atoms with Gasteiger partial charge < -0.3 is 30.3 Å². The smallest absolute Gasteiger partial charge is 0.472 e. The van der Waals surface area contributed by atoms with Gasteiger partial charge in [0.1, 0.15) is 12.6 Å². The molecule has 0 saturated carbocycles. The molecule has 0 aliphatic rings. The van der Waals surface area contributed by atoms with Crippen LogP contribution < -0.4 is 5.73 Å². The average Bonchev–Trinajstić information content (AvgIpc) is 3.15. The van der Waals surface area contributed by atoms with Crippen LogP contribution in [-0.4, -0.2) is 71.1 Å². The number of esters is 2. The molecule has 0 bridgehead atoms. The van der Waals surface area contributed by atoms with Crippen molar-refractivity contribution in [3.05, 3.63) is 60.8 Å². The van der Waals surface area contributed by atoms with E-state index < -0.39 is 63.8 Å². The Balaban J connectivity index is 4.62. The van der Waals surface area contributed by atoms with Gasteiger partial charge in [0.05, 0.1) is 19.3 Å². The second kappa shape index (κ2) is 36.8. The molecule has 0 rings (SSSR count). The minimum Gasteiger partial charge on any atom is -0.480 e. The lowest BCUT2D eigenvalue weighted by Crippen LogP contribution is -2.34. The second-order valence-electron chi connectivity index (χ2n) is 13.6. The van der Waals surface area contributed by atoms with Gasteiger partial charge in [0.15, 0.2) is 6.10 Å². The first-order valence-electron chi connectivity index (χ1n) is 20.4. The van der Waals surface area contributed by atoms with Gasteiger partial charge in [0.2, 0.25) is 0 Å². The van der Waals surface area contributed by atoms with Crippen LogP contribution in [-0.2, 0) is 37.5 Å². The van der Waals surface area contributed by atoms with E-state index in [1.807, 2.05) is 12.2 Å². The number of allylic oxidation sites excluding steroid dienone is 9. The summed E-state index contributed by atoms with van der Waals surface area (Å²) in [5, 5.41) is 19.1. The number of hydrogen-bond donors (Lipinski definition) is 4. The number of carbonyl (C=O) groups excluding carboxylic acids is 2. The molecule has 0 fully saturated rings. The van der Waals surface area contributed by atoms with E-state index in [-0.39, 0.29) is 12.8 Å². The number of carboxylic acid groups (broad SMARTS) is 1. The summed E-state index contributed by atoms with van der Waals surface area (Å²) < 4.78 is 32.5. The van der Waals surface area contributed by atoms with Crippen molar-refractivity contribution in [2.24, 2.45) is 5.73 Å². The first-order chi connectivity index (χ1) is 26.5. The van der Waals surface area contributed by atoms with Gasteiger partial charge in [0, 0.05) is 12.8 Å². The van der Waals surface area contributed by atoms with Gasteiger partial charge in [-0.05, 0) is 70.6 Å². The van der Waals surface area contributed by atoms with Gasteiger partial charge in [-0.3, -0.25) is 23.4 Å². The van der Waals surface area contributed by atoms with Crippen molar-refractivity contribution < 1.29 is 52.6 Å². The van der Waals surface area contributed by atoms with Gasteiger partial charge in [0.25, 0.3) is 0 Å². The maximum atomic E-state index is 12.6. The highest BCUT2D eigenvalue weighted by Gasteiger charge is 2.28. The van der Waals surface area contributed by atoms with Crippen molar-refractivity contribution in [2.45, 2.75) is 167 Å². The third-order valence-electron chi connectivity index (χ3n) is 8.34. The molecule has 55 heavy (non-hydrogen) atoms. The van der Waals surface area contributed by atoms with Crippen LogP contribution in [0.4, 0.5) is 0 Å². The molecule has 13 heteroatoms. The summed E-state index contributed by atoms with van der Waals surface area (Å²) in [7, 11) is -4.76. The molecule has 0 aliphatic heterocycles. The number of aliphatic carboxylic acids is 1. The highest BCUT2D eigenvalue weighted by Crippen LogP contribution is 2.43. The Bertz CT molecular complexity index is 1180. The topological polar surface area (TPSA) is 192 Å². The maximum absolute atomic E-state index is 12.6. The number of unbranched alkanes of at least 4 members (excludes halogenated alkanes) is 12. The maximum Gasteiger partial charge on any atom is 0.472 e. The Labute approximate surface area is 330 Å². The molecule has 0 aromatic rings. The fourth-order valence-corrected chi connectivity index (χ4v) is 5.82. The predicted molar refractivity (Wildman–Crippen MR) is 218 cm³/mol. The van der Waals surface area contributed by atoms with E-state index in [0.717, 1.165) is 57.8 Å². The van der Waals surface area contributed by atoms with E-state index >= 15 is 0 Å². The van der Waals surface area contributed by atoms with Gasteiger partial charge in [-0.25, -0.2) is 4.57 Å². The molecule has 0 aromatic heterocycles. The van der Waals surface area contributed by atoms with Crippen LogP contribution in [0.2, 0.25) is 0 Å². The third kappa shape index (κ3) is 36.5. The molecule has 0 saturated heterocycles. The van der Waals surface area contributed by atoms with Crippen molar-refractivity contribution in [3.63, 3.8) is 0 Å². The number of phosphoric ester groups is 1. The van der Waals surface area contributed by atoms with Crippen molar-refractivity contribution in [2.75, 3.05) is 19.8 Å². The fraction of sp³-hybridized carbons (Fsp3) is 0.690. The zero-order valence-electron chi connectivity index (χ0n) is 33.6. The lowest BCUT2D eigenvalue weighted by Gasteiger charge is -2.20. The molecule has 0 aliphatic carbocycles. The van der Waals surface area contributed by atoms with Crippen LogP contribution in [0.25, 0.3) is 0 Å². The number of aliphatic hydroxyl groups excluding tert-OH is 1. The highest BCUT2D eigenvalue weighted by molar-refractivity contribution is 7.47. The summed E-state index contributed by atoms with van der Waals surface area (Å²) in [6, 6.07) is -1.55. The van der Waals surface area contributed by atoms with Gasteiger partial charge in [-0.15, -0.1) is 0 Å². The Hall–Kier alpha value is -2.86. The standard InChI is InChI=1S/C42H72NO11P/c1-3-5-7-9-11-13-15-17-19-21-23-25-27-30-37(44)31-29-33-40(45)51-34-38(35-52-55(49,50)53-36-39(43)42(47)48)54-41(46)32-28-26-24-22-20-18-16-14-12-10-8-6-4-2/h11,13-14,16-17,19,23,25,27,30,37-39,44H,3-10,12,15,18,20-22,24,26,28-29,31-36,43H2,1-2H3,(H,47,48)(H,49,50)/b13-11-,16-14-,19-17-,25-23-,30-27+/t37-,38-,39+/m1/s1. The zero-order chi connectivity index (χ0) is 40.8. The fourth-order valence-electron chi connectivity index (χ4n) is 5.04. The summed E-state index contributed by atoms with van der Waals surface area (Å²) in [4.78, 5) is 45.8. The number of phosphoric acid groups is 1. The number of aliphatic hydroxyl groups is 1.